The van der Waals surface area contributed by atoms with E-state index in [1.807, 2.05) is 25.1 Å². The van der Waals surface area contributed by atoms with Gasteiger partial charge in [0.1, 0.15) is 18.0 Å². The minimum Gasteiger partial charge on any atom is -0.370 e. The fourth-order valence-corrected chi connectivity index (χ4v) is 2.28. The average molecular weight is 305 g/mol. The zero-order chi connectivity index (χ0) is 15.2. The minimum absolute atomic E-state index is 0.122. The van der Waals surface area contributed by atoms with E-state index in [1.54, 1.807) is 6.33 Å². The highest BCUT2D eigenvalue weighted by atomic mass is 35.5. The molecule has 2 aromatic rings. The Hall–Kier alpha value is -1.81. The number of hydrogen-bond acceptors (Lipinski definition) is 4. The van der Waals surface area contributed by atoms with E-state index in [4.69, 9.17) is 11.6 Å². The van der Waals surface area contributed by atoms with Gasteiger partial charge in [-0.15, -0.1) is 0 Å². The van der Waals surface area contributed by atoms with E-state index in [0.29, 0.717) is 0 Å². The molecule has 1 aromatic carbocycles. The molecule has 0 aliphatic rings. The zero-order valence-electron chi connectivity index (χ0n) is 12.7. The van der Waals surface area contributed by atoms with Crippen molar-refractivity contribution >= 4 is 23.2 Å². The fourth-order valence-electron chi connectivity index (χ4n) is 2.08. The third-order valence-corrected chi connectivity index (χ3v) is 3.56. The molecule has 0 fully saturated rings. The number of benzene rings is 1. The molecule has 0 bridgehead atoms. The van der Waals surface area contributed by atoms with E-state index in [9.17, 15) is 0 Å². The normalized spacial score (nSPS) is 12.0. The van der Waals surface area contributed by atoms with E-state index in [0.717, 1.165) is 40.8 Å². The molecule has 1 heterocycles. The number of nitrogens with one attached hydrogen (secondary N) is 2. The highest BCUT2D eigenvalue weighted by Gasteiger charge is 2.11. The van der Waals surface area contributed by atoms with E-state index < -0.39 is 0 Å². The molecule has 0 saturated heterocycles. The summed E-state index contributed by atoms with van der Waals surface area (Å²) < 4.78 is 0. The number of rotatable bonds is 6. The minimum atomic E-state index is 0.122. The van der Waals surface area contributed by atoms with Gasteiger partial charge in [-0.3, -0.25) is 0 Å². The quantitative estimate of drug-likeness (QED) is 0.828. The fraction of sp³-hybridized carbons (Fsp3) is 0.375. The first kappa shape index (κ1) is 15.6. The molecule has 4 nitrogen and oxygen atoms in total. The van der Waals surface area contributed by atoms with Gasteiger partial charge in [-0.2, -0.15) is 0 Å². The van der Waals surface area contributed by atoms with Crippen molar-refractivity contribution in [3.63, 3.8) is 0 Å². The van der Waals surface area contributed by atoms with Gasteiger partial charge in [0.05, 0.1) is 6.04 Å². The molecule has 0 amide bonds. The van der Waals surface area contributed by atoms with Crippen LogP contribution >= 0.6 is 11.6 Å². The first-order valence-corrected chi connectivity index (χ1v) is 7.57. The first-order valence-electron chi connectivity index (χ1n) is 7.19. The third kappa shape index (κ3) is 4.08. The summed E-state index contributed by atoms with van der Waals surface area (Å²) in [7, 11) is 0. The van der Waals surface area contributed by atoms with Gasteiger partial charge < -0.3 is 10.6 Å². The predicted octanol–water partition coefficient (Wildman–Crippen LogP) is 4.43. The van der Waals surface area contributed by atoms with Crippen LogP contribution in [0.2, 0.25) is 5.02 Å². The summed E-state index contributed by atoms with van der Waals surface area (Å²) in [4.78, 5) is 8.63. The smallest absolute Gasteiger partial charge is 0.134 e. The second kappa shape index (κ2) is 7.27. The zero-order valence-corrected chi connectivity index (χ0v) is 13.4. The number of halogens is 1. The van der Waals surface area contributed by atoms with Crippen molar-refractivity contribution in [2.45, 2.75) is 33.2 Å². The lowest BCUT2D eigenvalue weighted by Crippen LogP contribution is -2.12. The first-order chi connectivity index (χ1) is 10.1. The molecule has 1 aromatic heterocycles. The summed E-state index contributed by atoms with van der Waals surface area (Å²) in [6.07, 6.45) is 2.64. The molecule has 21 heavy (non-hydrogen) atoms. The molecule has 0 aliphatic carbocycles. The number of anilines is 2. The molecule has 0 saturated carbocycles. The van der Waals surface area contributed by atoms with Crippen LogP contribution in [-0.4, -0.2) is 16.5 Å². The van der Waals surface area contributed by atoms with E-state index in [-0.39, 0.29) is 6.04 Å². The van der Waals surface area contributed by atoms with E-state index in [1.165, 1.54) is 0 Å². The highest BCUT2D eigenvalue weighted by Crippen LogP contribution is 2.24. The maximum atomic E-state index is 6.04. The van der Waals surface area contributed by atoms with Crippen LogP contribution in [0.3, 0.4) is 0 Å². The lowest BCUT2D eigenvalue weighted by atomic mass is 10.1. The van der Waals surface area contributed by atoms with Gasteiger partial charge in [-0.25, -0.2) is 9.97 Å². The molecular weight excluding hydrogens is 284 g/mol. The van der Waals surface area contributed by atoms with Crippen molar-refractivity contribution < 1.29 is 0 Å². The van der Waals surface area contributed by atoms with Crippen molar-refractivity contribution in [1.29, 1.82) is 0 Å². The summed E-state index contributed by atoms with van der Waals surface area (Å²) in [6, 6.07) is 7.97. The number of hydrogen-bond donors (Lipinski definition) is 2. The summed E-state index contributed by atoms with van der Waals surface area (Å²) in [5, 5.41) is 7.48. The van der Waals surface area contributed by atoms with Crippen molar-refractivity contribution in [3.05, 3.63) is 46.7 Å². The lowest BCUT2D eigenvalue weighted by Gasteiger charge is -2.18. The molecule has 0 radical (unpaired) electrons. The molecule has 2 N–H and O–H groups in total. The number of nitrogens with zero attached hydrogens (tertiary/aromatic N) is 2. The van der Waals surface area contributed by atoms with Crippen LogP contribution in [0, 0.1) is 6.92 Å². The Kier molecular flexibility index (Phi) is 5.39. The van der Waals surface area contributed by atoms with Crippen LogP contribution in [0.5, 0.6) is 0 Å². The Balaban J connectivity index is 2.15. The average Bonchev–Trinajstić information content (AvgIpc) is 2.48. The molecule has 5 heteroatoms. The Labute approximate surface area is 131 Å². The standard InChI is InChI=1S/C16H21ClN4/c1-4-8-18-15-11(2)16(20-10-19-15)21-12(3)13-6-5-7-14(17)9-13/h5-7,9-10,12H,4,8H2,1-3H3,(H2,18,19,20,21). The largest absolute Gasteiger partial charge is 0.370 e. The Morgan fingerprint density at radius 3 is 2.71 bits per heavy atom. The molecule has 112 valence electrons. The van der Waals surface area contributed by atoms with E-state index >= 15 is 0 Å². The van der Waals surface area contributed by atoms with Crippen LogP contribution in [0.1, 0.15) is 37.4 Å². The number of aromatic nitrogens is 2. The second-order valence-corrected chi connectivity index (χ2v) is 5.48. The summed E-state index contributed by atoms with van der Waals surface area (Å²) >= 11 is 6.04. The van der Waals surface area contributed by atoms with Gasteiger partial charge in [0, 0.05) is 17.1 Å². The van der Waals surface area contributed by atoms with Crippen molar-refractivity contribution in [1.82, 2.24) is 9.97 Å². The maximum absolute atomic E-state index is 6.04. The Bertz CT molecular complexity index is 601. The molecule has 0 spiro atoms. The van der Waals surface area contributed by atoms with Gasteiger partial charge in [-0.05, 0) is 38.0 Å². The van der Waals surface area contributed by atoms with Gasteiger partial charge in [-0.1, -0.05) is 30.7 Å². The Morgan fingerprint density at radius 2 is 2.00 bits per heavy atom. The summed E-state index contributed by atoms with van der Waals surface area (Å²) in [5.74, 6) is 1.73. The van der Waals surface area contributed by atoms with Gasteiger partial charge in [0.15, 0.2) is 0 Å². The van der Waals surface area contributed by atoms with Crippen molar-refractivity contribution in [2.24, 2.45) is 0 Å². The third-order valence-electron chi connectivity index (χ3n) is 3.33. The van der Waals surface area contributed by atoms with Crippen LogP contribution < -0.4 is 10.6 Å². The topological polar surface area (TPSA) is 49.8 Å². The predicted molar refractivity (Wildman–Crippen MR) is 89.0 cm³/mol. The Morgan fingerprint density at radius 1 is 1.24 bits per heavy atom. The van der Waals surface area contributed by atoms with Gasteiger partial charge in [0.2, 0.25) is 0 Å². The van der Waals surface area contributed by atoms with Gasteiger partial charge >= 0.3 is 0 Å². The van der Waals surface area contributed by atoms with Crippen molar-refractivity contribution in [2.75, 3.05) is 17.2 Å². The van der Waals surface area contributed by atoms with Crippen LogP contribution in [0.4, 0.5) is 11.6 Å². The monoisotopic (exact) mass is 304 g/mol. The molecule has 1 unspecified atom stereocenters. The summed E-state index contributed by atoms with van der Waals surface area (Å²) in [5.41, 5.74) is 2.16. The second-order valence-electron chi connectivity index (χ2n) is 5.04. The molecule has 1 atom stereocenters. The molecule has 2 rings (SSSR count). The highest BCUT2D eigenvalue weighted by molar-refractivity contribution is 6.30. The maximum Gasteiger partial charge on any atom is 0.134 e. The molecule has 0 aliphatic heterocycles. The SMILES string of the molecule is CCCNc1ncnc(NC(C)c2cccc(Cl)c2)c1C. The van der Waals surface area contributed by atoms with Crippen LogP contribution in [0.25, 0.3) is 0 Å². The van der Waals surface area contributed by atoms with E-state index in [2.05, 4.69) is 40.5 Å². The van der Waals surface area contributed by atoms with Crippen LogP contribution in [0.15, 0.2) is 30.6 Å². The summed E-state index contributed by atoms with van der Waals surface area (Å²) in [6.45, 7) is 7.14. The van der Waals surface area contributed by atoms with Gasteiger partial charge in [0.25, 0.3) is 0 Å². The van der Waals surface area contributed by atoms with Crippen LogP contribution in [-0.2, 0) is 0 Å². The lowest BCUT2D eigenvalue weighted by molar-refractivity contribution is 0.867. The molecular formula is C16H21ClN4. The van der Waals surface area contributed by atoms with Crippen molar-refractivity contribution in [3.8, 4) is 0 Å².